The standard InChI is InChI=1S/C26H29N5O3/c1-26(2)13-19(32)22-20(14-26)34-25-23(21(22)17-5-7-18(33-3)8-6-17)24(27)31(16-29-25)11-4-10-30-12-9-28-15-30/h5-9,12,15-16,21,27H,4,10-11,13-14H2,1-3H3/t21-/m1/s1. The topological polar surface area (TPSA) is 95.0 Å². The Morgan fingerprint density at radius 2 is 1.97 bits per heavy atom. The van der Waals surface area contributed by atoms with Crippen LogP contribution in [0.4, 0.5) is 0 Å². The van der Waals surface area contributed by atoms with E-state index in [1.807, 2.05) is 39.6 Å². The van der Waals surface area contributed by atoms with Crippen molar-refractivity contribution in [3.05, 3.63) is 77.3 Å². The molecule has 0 amide bonds. The van der Waals surface area contributed by atoms with Crippen LogP contribution in [0.25, 0.3) is 0 Å². The van der Waals surface area contributed by atoms with E-state index in [2.05, 4.69) is 23.8 Å². The van der Waals surface area contributed by atoms with Crippen LogP contribution in [0.1, 0.15) is 50.2 Å². The Labute approximate surface area is 198 Å². The third-order valence-corrected chi connectivity index (χ3v) is 6.59. The van der Waals surface area contributed by atoms with E-state index in [0.717, 1.165) is 24.3 Å². The zero-order valence-electron chi connectivity index (χ0n) is 19.7. The Hall–Kier alpha value is -3.68. The third-order valence-electron chi connectivity index (χ3n) is 6.59. The summed E-state index contributed by atoms with van der Waals surface area (Å²) in [5.74, 6) is 1.52. The second-order valence-corrected chi connectivity index (χ2v) is 9.75. The molecule has 8 heteroatoms. The van der Waals surface area contributed by atoms with E-state index in [-0.39, 0.29) is 11.2 Å². The summed E-state index contributed by atoms with van der Waals surface area (Å²) in [5, 5.41) is 9.05. The summed E-state index contributed by atoms with van der Waals surface area (Å²) in [4.78, 5) is 22.1. The van der Waals surface area contributed by atoms with Crippen LogP contribution < -0.4 is 15.0 Å². The molecule has 176 valence electrons. The third kappa shape index (κ3) is 4.04. The van der Waals surface area contributed by atoms with E-state index in [4.69, 9.17) is 14.9 Å². The fourth-order valence-electron chi connectivity index (χ4n) is 4.94. The number of carbonyl (C=O) groups is 1. The highest BCUT2D eigenvalue weighted by molar-refractivity contribution is 6.00. The molecule has 3 aromatic rings. The van der Waals surface area contributed by atoms with Gasteiger partial charge in [-0.3, -0.25) is 10.2 Å². The summed E-state index contributed by atoms with van der Waals surface area (Å²) in [6, 6.07) is 7.71. The first-order valence-electron chi connectivity index (χ1n) is 11.5. The summed E-state index contributed by atoms with van der Waals surface area (Å²) in [6.07, 6.45) is 9.08. The van der Waals surface area contributed by atoms with Crippen LogP contribution in [0.2, 0.25) is 0 Å². The van der Waals surface area contributed by atoms with Crippen molar-refractivity contribution in [1.29, 1.82) is 5.41 Å². The van der Waals surface area contributed by atoms with Crippen molar-refractivity contribution in [3.8, 4) is 11.6 Å². The number of nitrogens with one attached hydrogen (secondary N) is 1. The number of nitrogens with zero attached hydrogens (tertiary/aromatic N) is 4. The number of methoxy groups -OCH3 is 1. The van der Waals surface area contributed by atoms with Gasteiger partial charge in [-0.05, 0) is 29.5 Å². The quantitative estimate of drug-likeness (QED) is 0.605. The monoisotopic (exact) mass is 459 g/mol. The SMILES string of the molecule is COc1ccc([C@@H]2C3=C(CC(C)(C)CC3=O)Oc3ncn(CCCn4ccnc4)c(=N)c32)cc1. The zero-order valence-corrected chi connectivity index (χ0v) is 19.7. The van der Waals surface area contributed by atoms with Crippen LogP contribution >= 0.6 is 0 Å². The lowest BCUT2D eigenvalue weighted by molar-refractivity contribution is -0.118. The van der Waals surface area contributed by atoms with E-state index < -0.39 is 5.92 Å². The average Bonchev–Trinajstić information content (AvgIpc) is 3.32. The van der Waals surface area contributed by atoms with Crippen LogP contribution in [0.15, 0.2) is 60.6 Å². The molecular weight excluding hydrogens is 430 g/mol. The molecule has 0 fully saturated rings. The number of ether oxygens (including phenoxy) is 2. The summed E-state index contributed by atoms with van der Waals surface area (Å²) >= 11 is 0. The van der Waals surface area contributed by atoms with Crippen molar-refractivity contribution in [1.82, 2.24) is 19.1 Å². The Bertz CT molecular complexity index is 1300. The van der Waals surface area contributed by atoms with Gasteiger partial charge in [0, 0.05) is 49.8 Å². The highest BCUT2D eigenvalue weighted by Crippen LogP contribution is 2.48. The van der Waals surface area contributed by atoms with Gasteiger partial charge in [0.2, 0.25) is 5.88 Å². The molecule has 34 heavy (non-hydrogen) atoms. The van der Waals surface area contributed by atoms with Crippen molar-refractivity contribution >= 4 is 5.78 Å². The minimum absolute atomic E-state index is 0.0765. The zero-order chi connectivity index (χ0) is 23.9. The van der Waals surface area contributed by atoms with E-state index in [1.54, 1.807) is 26.0 Å². The summed E-state index contributed by atoms with van der Waals surface area (Å²) in [6.45, 7) is 5.58. The Morgan fingerprint density at radius 1 is 1.18 bits per heavy atom. The lowest BCUT2D eigenvalue weighted by Crippen LogP contribution is -2.37. The number of fused-ring (bicyclic) bond motifs is 1. The first-order chi connectivity index (χ1) is 16.4. The van der Waals surface area contributed by atoms with Gasteiger partial charge in [0.1, 0.15) is 23.3 Å². The molecule has 8 nitrogen and oxygen atoms in total. The molecule has 0 saturated carbocycles. The maximum Gasteiger partial charge on any atom is 0.228 e. The van der Waals surface area contributed by atoms with Gasteiger partial charge in [-0.2, -0.15) is 0 Å². The smallest absolute Gasteiger partial charge is 0.228 e. The van der Waals surface area contributed by atoms with Gasteiger partial charge in [-0.1, -0.05) is 26.0 Å². The maximum absolute atomic E-state index is 13.4. The van der Waals surface area contributed by atoms with Crippen LogP contribution in [0.3, 0.4) is 0 Å². The van der Waals surface area contributed by atoms with Gasteiger partial charge in [-0.15, -0.1) is 0 Å². The fraction of sp³-hybridized carbons (Fsp3) is 0.385. The predicted octanol–water partition coefficient (Wildman–Crippen LogP) is 3.83. The Balaban J connectivity index is 1.57. The normalized spacial score (nSPS) is 18.8. The molecule has 0 unspecified atom stereocenters. The first kappa shape index (κ1) is 22.1. The second-order valence-electron chi connectivity index (χ2n) is 9.75. The number of imidazole rings is 1. The lowest BCUT2D eigenvalue weighted by Gasteiger charge is -2.38. The number of rotatable bonds is 6. The fourth-order valence-corrected chi connectivity index (χ4v) is 4.94. The van der Waals surface area contributed by atoms with Crippen molar-refractivity contribution in [2.75, 3.05) is 7.11 Å². The minimum atomic E-state index is -0.394. The maximum atomic E-state index is 13.4. The van der Waals surface area contributed by atoms with Gasteiger partial charge in [0.15, 0.2) is 5.78 Å². The number of hydrogen-bond acceptors (Lipinski definition) is 6. The molecule has 3 heterocycles. The number of hydrogen-bond donors (Lipinski definition) is 1. The number of benzene rings is 1. The molecular formula is C26H29N5O3. The number of Topliss-reactive ketones (excluding diaryl/α,β-unsaturated/α-hetero) is 1. The molecule has 0 bridgehead atoms. The van der Waals surface area contributed by atoms with Crippen molar-refractivity contribution in [3.63, 3.8) is 0 Å². The number of carbonyl (C=O) groups excluding carboxylic acids is 1. The van der Waals surface area contributed by atoms with Crippen molar-refractivity contribution in [2.45, 2.75) is 52.1 Å². The van der Waals surface area contributed by atoms with Crippen molar-refractivity contribution < 1.29 is 14.3 Å². The van der Waals surface area contributed by atoms with E-state index >= 15 is 0 Å². The summed E-state index contributed by atoms with van der Waals surface area (Å²) < 4.78 is 15.4. The van der Waals surface area contributed by atoms with Gasteiger partial charge >= 0.3 is 0 Å². The van der Waals surface area contributed by atoms with Crippen LogP contribution in [-0.4, -0.2) is 32.0 Å². The molecule has 2 aromatic heterocycles. The molecule has 1 N–H and O–H groups in total. The van der Waals surface area contributed by atoms with E-state index in [0.29, 0.717) is 47.6 Å². The molecule has 0 spiro atoms. The highest BCUT2D eigenvalue weighted by atomic mass is 16.5. The molecule has 0 radical (unpaired) electrons. The second kappa shape index (κ2) is 8.59. The molecule has 0 saturated heterocycles. The molecule has 1 aliphatic heterocycles. The van der Waals surface area contributed by atoms with Gasteiger partial charge in [0.25, 0.3) is 0 Å². The number of allylic oxidation sites excluding steroid dienone is 2. The van der Waals surface area contributed by atoms with Gasteiger partial charge in [0.05, 0.1) is 19.0 Å². The summed E-state index contributed by atoms with van der Waals surface area (Å²) in [7, 11) is 1.63. The van der Waals surface area contributed by atoms with Crippen molar-refractivity contribution in [2.24, 2.45) is 5.41 Å². The van der Waals surface area contributed by atoms with E-state index in [9.17, 15) is 4.79 Å². The van der Waals surface area contributed by atoms with Gasteiger partial charge < -0.3 is 18.6 Å². The largest absolute Gasteiger partial charge is 0.497 e. The number of ketones is 1. The molecule has 1 aliphatic carbocycles. The van der Waals surface area contributed by atoms with E-state index in [1.165, 1.54) is 0 Å². The van der Waals surface area contributed by atoms with Crippen LogP contribution in [0.5, 0.6) is 11.6 Å². The van der Waals surface area contributed by atoms with Crippen LogP contribution in [-0.2, 0) is 17.9 Å². The average molecular weight is 460 g/mol. The minimum Gasteiger partial charge on any atom is -0.497 e. The molecule has 2 aliphatic rings. The number of aryl methyl sites for hydroxylation is 2. The predicted molar refractivity (Wildman–Crippen MR) is 125 cm³/mol. The molecule has 1 atom stereocenters. The highest BCUT2D eigenvalue weighted by Gasteiger charge is 2.43. The van der Waals surface area contributed by atoms with Gasteiger partial charge in [-0.25, -0.2) is 9.97 Å². The molecule has 5 rings (SSSR count). The molecule has 1 aromatic carbocycles. The first-order valence-corrected chi connectivity index (χ1v) is 11.5. The summed E-state index contributed by atoms with van der Waals surface area (Å²) in [5.41, 5.74) is 2.37. The van der Waals surface area contributed by atoms with Crippen LogP contribution in [0, 0.1) is 10.8 Å². The Morgan fingerprint density at radius 3 is 2.68 bits per heavy atom. The lowest BCUT2D eigenvalue weighted by atomic mass is 9.70. The Kier molecular flexibility index (Phi) is 5.59. The number of aromatic nitrogens is 4.